The highest BCUT2D eigenvalue weighted by Crippen LogP contribution is 2.28. The van der Waals surface area contributed by atoms with Crippen LogP contribution in [0.25, 0.3) is 22.2 Å². The maximum absolute atomic E-state index is 12.9. The van der Waals surface area contributed by atoms with E-state index in [0.717, 1.165) is 15.6 Å². The molecule has 142 valence electrons. The highest BCUT2D eigenvalue weighted by molar-refractivity contribution is 9.10. The number of amides is 1. The van der Waals surface area contributed by atoms with Crippen LogP contribution in [0.5, 0.6) is 0 Å². The van der Waals surface area contributed by atoms with Gasteiger partial charge in [-0.25, -0.2) is 10.4 Å². The number of hydrazone groups is 1. The topological polar surface area (TPSA) is 54.4 Å². The van der Waals surface area contributed by atoms with Gasteiger partial charge in [-0.3, -0.25) is 4.79 Å². The zero-order chi connectivity index (χ0) is 20.2. The summed E-state index contributed by atoms with van der Waals surface area (Å²) in [7, 11) is 0. The molecule has 29 heavy (non-hydrogen) atoms. The van der Waals surface area contributed by atoms with E-state index < -0.39 is 0 Å². The SMILES string of the molecule is O=C(N/N=C/c1ccccc1)c1cc(-c2ccc(Br)cc2)nc2ccc(Cl)cc12. The van der Waals surface area contributed by atoms with Gasteiger partial charge < -0.3 is 0 Å². The molecule has 0 aliphatic carbocycles. The van der Waals surface area contributed by atoms with Crippen molar-refractivity contribution in [3.63, 3.8) is 0 Å². The standard InChI is InChI=1S/C23H15BrClN3O/c24-17-8-6-16(7-9-17)22-13-20(19-12-18(25)10-11-21(19)27-22)23(29)28-26-14-15-4-2-1-3-5-15/h1-14H,(H,28,29)/b26-14+. The average molecular weight is 465 g/mol. The molecule has 4 nitrogen and oxygen atoms in total. The van der Waals surface area contributed by atoms with Gasteiger partial charge in [0.1, 0.15) is 0 Å². The minimum absolute atomic E-state index is 0.329. The molecule has 4 aromatic rings. The van der Waals surface area contributed by atoms with E-state index in [2.05, 4.69) is 26.5 Å². The second-order valence-corrected chi connectivity index (χ2v) is 7.69. The summed E-state index contributed by atoms with van der Waals surface area (Å²) in [5.74, 6) is -0.329. The van der Waals surface area contributed by atoms with Gasteiger partial charge in [0.2, 0.25) is 0 Å². The Morgan fingerprint density at radius 2 is 1.76 bits per heavy atom. The van der Waals surface area contributed by atoms with Gasteiger partial charge in [0.05, 0.1) is 23.0 Å². The number of hydrogen-bond donors (Lipinski definition) is 1. The third kappa shape index (κ3) is 4.53. The first kappa shape index (κ1) is 19.3. The van der Waals surface area contributed by atoms with Crippen LogP contribution in [-0.2, 0) is 0 Å². The van der Waals surface area contributed by atoms with Crippen molar-refractivity contribution in [2.45, 2.75) is 0 Å². The summed E-state index contributed by atoms with van der Waals surface area (Å²) < 4.78 is 0.974. The number of rotatable bonds is 4. The van der Waals surface area contributed by atoms with Crippen LogP contribution in [0.3, 0.4) is 0 Å². The Kier molecular flexibility index (Phi) is 5.69. The smallest absolute Gasteiger partial charge is 0.267 e. The maximum atomic E-state index is 12.9. The van der Waals surface area contributed by atoms with Crippen molar-refractivity contribution < 1.29 is 4.79 Å². The molecule has 1 N–H and O–H groups in total. The molecule has 0 saturated heterocycles. The predicted molar refractivity (Wildman–Crippen MR) is 121 cm³/mol. The van der Waals surface area contributed by atoms with Crippen molar-refractivity contribution in [1.82, 2.24) is 10.4 Å². The molecule has 4 rings (SSSR count). The van der Waals surface area contributed by atoms with Crippen LogP contribution in [0.2, 0.25) is 5.02 Å². The summed E-state index contributed by atoms with van der Waals surface area (Å²) in [4.78, 5) is 17.6. The molecule has 1 heterocycles. The Bertz CT molecular complexity index is 1210. The second-order valence-electron chi connectivity index (χ2n) is 6.33. The third-order valence-corrected chi connectivity index (χ3v) is 5.10. The summed E-state index contributed by atoms with van der Waals surface area (Å²) in [5, 5.41) is 5.29. The minimum Gasteiger partial charge on any atom is -0.267 e. The Labute approximate surface area is 181 Å². The molecule has 1 aromatic heterocycles. The number of pyridine rings is 1. The molecule has 3 aromatic carbocycles. The Balaban J connectivity index is 1.72. The first-order valence-electron chi connectivity index (χ1n) is 8.85. The molecule has 0 atom stereocenters. The van der Waals surface area contributed by atoms with E-state index in [-0.39, 0.29) is 5.91 Å². The third-order valence-electron chi connectivity index (χ3n) is 4.33. The Hall–Kier alpha value is -3.02. The lowest BCUT2D eigenvalue weighted by molar-refractivity contribution is 0.0957. The van der Waals surface area contributed by atoms with Crippen LogP contribution in [0.1, 0.15) is 15.9 Å². The molecule has 0 unspecified atom stereocenters. The number of hydrogen-bond acceptors (Lipinski definition) is 3. The molecular formula is C23H15BrClN3O. The van der Waals surface area contributed by atoms with E-state index in [1.807, 2.05) is 60.7 Å². The monoisotopic (exact) mass is 463 g/mol. The van der Waals surface area contributed by atoms with Gasteiger partial charge in [-0.05, 0) is 42.0 Å². The van der Waals surface area contributed by atoms with Crippen LogP contribution in [0, 0.1) is 0 Å². The summed E-state index contributed by atoms with van der Waals surface area (Å²) in [6.07, 6.45) is 1.60. The number of halogens is 2. The fourth-order valence-corrected chi connectivity index (χ4v) is 3.36. The minimum atomic E-state index is -0.329. The number of nitrogens with one attached hydrogen (secondary N) is 1. The maximum Gasteiger partial charge on any atom is 0.272 e. The molecule has 0 fully saturated rings. The largest absolute Gasteiger partial charge is 0.272 e. The molecule has 0 spiro atoms. The lowest BCUT2D eigenvalue weighted by atomic mass is 10.0. The van der Waals surface area contributed by atoms with Crippen LogP contribution in [0.4, 0.5) is 0 Å². The lowest BCUT2D eigenvalue weighted by Gasteiger charge is -2.09. The van der Waals surface area contributed by atoms with Crippen molar-refractivity contribution >= 4 is 50.6 Å². The number of fused-ring (bicyclic) bond motifs is 1. The number of carbonyl (C=O) groups excluding carboxylic acids is 1. The van der Waals surface area contributed by atoms with Crippen LogP contribution in [0.15, 0.2) is 88.4 Å². The van der Waals surface area contributed by atoms with E-state index in [4.69, 9.17) is 16.6 Å². The van der Waals surface area contributed by atoms with Crippen molar-refractivity contribution in [3.05, 3.63) is 99.5 Å². The summed E-state index contributed by atoms with van der Waals surface area (Å²) in [6.45, 7) is 0. The summed E-state index contributed by atoms with van der Waals surface area (Å²) in [5.41, 5.74) is 6.25. The van der Waals surface area contributed by atoms with Crippen molar-refractivity contribution in [2.75, 3.05) is 0 Å². The Morgan fingerprint density at radius 1 is 1.00 bits per heavy atom. The highest BCUT2D eigenvalue weighted by Gasteiger charge is 2.14. The molecule has 0 bridgehead atoms. The summed E-state index contributed by atoms with van der Waals surface area (Å²) >= 11 is 9.60. The van der Waals surface area contributed by atoms with E-state index >= 15 is 0 Å². The van der Waals surface area contributed by atoms with Gasteiger partial charge in [0.25, 0.3) is 5.91 Å². The van der Waals surface area contributed by atoms with Crippen LogP contribution >= 0.6 is 27.5 Å². The molecule has 1 amide bonds. The van der Waals surface area contributed by atoms with Gasteiger partial charge in [-0.2, -0.15) is 5.10 Å². The van der Waals surface area contributed by atoms with E-state index in [1.165, 1.54) is 0 Å². The van der Waals surface area contributed by atoms with Crippen LogP contribution in [-0.4, -0.2) is 17.1 Å². The van der Waals surface area contributed by atoms with E-state index in [0.29, 0.717) is 27.2 Å². The highest BCUT2D eigenvalue weighted by atomic mass is 79.9. The molecular weight excluding hydrogens is 450 g/mol. The fraction of sp³-hybridized carbons (Fsp3) is 0. The molecule has 0 saturated carbocycles. The Morgan fingerprint density at radius 3 is 2.52 bits per heavy atom. The number of benzene rings is 3. The van der Waals surface area contributed by atoms with Gasteiger partial charge >= 0.3 is 0 Å². The van der Waals surface area contributed by atoms with Crippen molar-refractivity contribution in [3.8, 4) is 11.3 Å². The normalized spacial score (nSPS) is 11.1. The quantitative estimate of drug-likeness (QED) is 0.294. The average Bonchev–Trinajstić information content (AvgIpc) is 2.74. The van der Waals surface area contributed by atoms with Gasteiger partial charge in [-0.1, -0.05) is 70.0 Å². The van der Waals surface area contributed by atoms with E-state index in [1.54, 1.807) is 24.4 Å². The first-order chi connectivity index (χ1) is 14.1. The zero-order valence-corrected chi connectivity index (χ0v) is 17.5. The van der Waals surface area contributed by atoms with Crippen LogP contribution < -0.4 is 5.43 Å². The number of nitrogens with zero attached hydrogens (tertiary/aromatic N) is 2. The molecule has 0 aliphatic heterocycles. The molecule has 6 heteroatoms. The number of carbonyl (C=O) groups is 1. The van der Waals surface area contributed by atoms with Gasteiger partial charge in [0, 0.05) is 20.4 Å². The zero-order valence-electron chi connectivity index (χ0n) is 15.1. The number of aromatic nitrogens is 1. The summed E-state index contributed by atoms with van der Waals surface area (Å²) in [6, 6.07) is 24.4. The van der Waals surface area contributed by atoms with Crippen molar-refractivity contribution in [1.29, 1.82) is 0 Å². The van der Waals surface area contributed by atoms with E-state index in [9.17, 15) is 4.79 Å². The van der Waals surface area contributed by atoms with Gasteiger partial charge in [0.15, 0.2) is 0 Å². The van der Waals surface area contributed by atoms with Crippen molar-refractivity contribution in [2.24, 2.45) is 5.10 Å². The molecule has 0 aliphatic rings. The first-order valence-corrected chi connectivity index (χ1v) is 10.0. The van der Waals surface area contributed by atoms with Gasteiger partial charge in [-0.15, -0.1) is 0 Å². The fourth-order valence-electron chi connectivity index (χ4n) is 2.92. The predicted octanol–water partition coefficient (Wildman–Crippen LogP) is 6.08. The molecule has 0 radical (unpaired) electrons. The lowest BCUT2D eigenvalue weighted by Crippen LogP contribution is -2.18. The second kappa shape index (κ2) is 8.55.